The molecule has 1 saturated heterocycles. The number of aliphatic hydroxyl groups is 2. The van der Waals surface area contributed by atoms with Crippen molar-refractivity contribution in [2.75, 3.05) is 13.1 Å². The van der Waals surface area contributed by atoms with E-state index in [1.165, 1.54) is 0 Å². The van der Waals surface area contributed by atoms with Crippen molar-refractivity contribution in [2.45, 2.75) is 43.4 Å². The Bertz CT molecular complexity index is 253. The van der Waals surface area contributed by atoms with Gasteiger partial charge in [-0.1, -0.05) is 0 Å². The van der Waals surface area contributed by atoms with Crippen LogP contribution < -0.4 is 10.6 Å². The molecule has 0 aromatic heterocycles. The van der Waals surface area contributed by atoms with Crippen molar-refractivity contribution in [3.8, 4) is 0 Å². The van der Waals surface area contributed by atoms with Gasteiger partial charge in [0.15, 0.2) is 0 Å². The fourth-order valence-corrected chi connectivity index (χ4v) is 2.05. The number of β-amino-alcohol motifs (C(OH)–C–C–N with tert-alkyl or cyclic N) is 1. The highest BCUT2D eigenvalue weighted by atomic mass is 16.3. The van der Waals surface area contributed by atoms with Crippen molar-refractivity contribution >= 4 is 5.91 Å². The summed E-state index contributed by atoms with van der Waals surface area (Å²) in [5.41, 5.74) is -0.674. The fraction of sp³-hybridized carbons (Fsp3) is 0.900. The summed E-state index contributed by atoms with van der Waals surface area (Å²) in [6, 6.07) is -0.302. The first-order valence-electron chi connectivity index (χ1n) is 5.51. The lowest BCUT2D eigenvalue weighted by Crippen LogP contribution is -2.51. The average Bonchev–Trinajstić information content (AvgIpc) is 2.58. The first-order chi connectivity index (χ1) is 7.09. The Morgan fingerprint density at radius 1 is 1.53 bits per heavy atom. The van der Waals surface area contributed by atoms with E-state index in [0.717, 1.165) is 19.3 Å². The summed E-state index contributed by atoms with van der Waals surface area (Å²) in [5, 5.41) is 24.7. The van der Waals surface area contributed by atoms with E-state index in [4.69, 9.17) is 0 Å². The summed E-state index contributed by atoms with van der Waals surface area (Å²) in [5.74, 6) is -0.119. The van der Waals surface area contributed by atoms with Gasteiger partial charge in [-0.3, -0.25) is 4.79 Å². The molecule has 2 unspecified atom stereocenters. The first-order valence-corrected chi connectivity index (χ1v) is 5.51. The third-order valence-electron chi connectivity index (χ3n) is 3.30. The summed E-state index contributed by atoms with van der Waals surface area (Å²) < 4.78 is 0. The molecule has 0 aromatic carbocycles. The van der Waals surface area contributed by atoms with E-state index in [2.05, 4.69) is 10.6 Å². The highest BCUT2D eigenvalue weighted by Crippen LogP contribution is 2.30. The molecule has 2 fully saturated rings. The Kier molecular flexibility index (Phi) is 2.95. The lowest BCUT2D eigenvalue weighted by molar-refractivity contribution is -0.125. The summed E-state index contributed by atoms with van der Waals surface area (Å²) in [6.07, 6.45) is 2.62. The SMILES string of the molecule is O=C(NCC1(O)CCC1)C1CC(O)CN1. The lowest BCUT2D eigenvalue weighted by atomic mass is 9.80. The van der Waals surface area contributed by atoms with Crippen LogP contribution in [0.4, 0.5) is 0 Å². The Hall–Kier alpha value is -0.650. The van der Waals surface area contributed by atoms with Crippen molar-refractivity contribution in [3.63, 3.8) is 0 Å². The Morgan fingerprint density at radius 2 is 2.27 bits per heavy atom. The lowest BCUT2D eigenvalue weighted by Gasteiger charge is -2.36. The Labute approximate surface area is 88.9 Å². The van der Waals surface area contributed by atoms with Crippen molar-refractivity contribution in [1.82, 2.24) is 10.6 Å². The van der Waals surface area contributed by atoms with Crippen molar-refractivity contribution < 1.29 is 15.0 Å². The molecule has 5 nitrogen and oxygen atoms in total. The number of aliphatic hydroxyl groups excluding tert-OH is 1. The average molecular weight is 214 g/mol. The number of carbonyl (C=O) groups is 1. The second kappa shape index (κ2) is 4.08. The van der Waals surface area contributed by atoms with E-state index < -0.39 is 11.7 Å². The number of carbonyl (C=O) groups excluding carboxylic acids is 1. The molecule has 1 saturated carbocycles. The molecule has 1 amide bonds. The molecule has 2 atom stereocenters. The maximum atomic E-state index is 11.6. The Balaban J connectivity index is 1.72. The summed E-state index contributed by atoms with van der Waals surface area (Å²) in [6.45, 7) is 0.808. The minimum absolute atomic E-state index is 0.119. The molecule has 5 heteroatoms. The van der Waals surface area contributed by atoms with E-state index in [1.807, 2.05) is 0 Å². The molecule has 1 aliphatic carbocycles. The van der Waals surface area contributed by atoms with Gasteiger partial charge in [0.1, 0.15) is 0 Å². The molecule has 0 spiro atoms. The van der Waals surface area contributed by atoms with E-state index in [-0.39, 0.29) is 11.9 Å². The Morgan fingerprint density at radius 3 is 2.73 bits per heavy atom. The highest BCUT2D eigenvalue weighted by Gasteiger charge is 2.36. The predicted molar refractivity (Wildman–Crippen MR) is 54.2 cm³/mol. The second-order valence-corrected chi connectivity index (χ2v) is 4.65. The number of rotatable bonds is 3. The quantitative estimate of drug-likeness (QED) is 0.473. The van der Waals surface area contributed by atoms with Gasteiger partial charge < -0.3 is 20.8 Å². The number of amides is 1. The zero-order valence-electron chi connectivity index (χ0n) is 8.70. The second-order valence-electron chi connectivity index (χ2n) is 4.65. The van der Waals surface area contributed by atoms with Gasteiger partial charge in [-0.2, -0.15) is 0 Å². The van der Waals surface area contributed by atoms with E-state index >= 15 is 0 Å². The van der Waals surface area contributed by atoms with Gasteiger partial charge in [-0.25, -0.2) is 0 Å². The summed E-state index contributed by atoms with van der Waals surface area (Å²) >= 11 is 0. The molecule has 1 heterocycles. The van der Waals surface area contributed by atoms with E-state index in [0.29, 0.717) is 19.5 Å². The summed E-state index contributed by atoms with van der Waals surface area (Å²) in [7, 11) is 0. The van der Waals surface area contributed by atoms with Crippen LogP contribution in [0.15, 0.2) is 0 Å². The highest BCUT2D eigenvalue weighted by molar-refractivity contribution is 5.82. The van der Waals surface area contributed by atoms with Crippen LogP contribution in [0.3, 0.4) is 0 Å². The fourth-order valence-electron chi connectivity index (χ4n) is 2.05. The van der Waals surface area contributed by atoms with Gasteiger partial charge in [-0.15, -0.1) is 0 Å². The molecular formula is C10H18N2O3. The van der Waals surface area contributed by atoms with Gasteiger partial charge in [0.05, 0.1) is 17.7 Å². The van der Waals surface area contributed by atoms with Crippen LogP contribution in [0.25, 0.3) is 0 Å². The van der Waals surface area contributed by atoms with Gasteiger partial charge in [0.25, 0.3) is 0 Å². The predicted octanol–water partition coefficient (Wildman–Crippen LogP) is -1.26. The van der Waals surface area contributed by atoms with Crippen LogP contribution in [-0.4, -0.2) is 47.0 Å². The molecule has 1 aliphatic heterocycles. The zero-order chi connectivity index (χ0) is 10.9. The maximum Gasteiger partial charge on any atom is 0.237 e. The van der Waals surface area contributed by atoms with Gasteiger partial charge in [-0.05, 0) is 25.7 Å². The minimum atomic E-state index is -0.674. The van der Waals surface area contributed by atoms with Crippen LogP contribution in [0.2, 0.25) is 0 Å². The minimum Gasteiger partial charge on any atom is -0.392 e. The topological polar surface area (TPSA) is 81.6 Å². The molecule has 86 valence electrons. The third-order valence-corrected chi connectivity index (χ3v) is 3.30. The maximum absolute atomic E-state index is 11.6. The van der Waals surface area contributed by atoms with Crippen LogP contribution >= 0.6 is 0 Å². The molecule has 4 N–H and O–H groups in total. The standard InChI is InChI=1S/C10H18N2O3/c13-7-4-8(11-5-7)9(14)12-6-10(15)2-1-3-10/h7-8,11,13,15H,1-6H2,(H,12,14). The number of hydrogen-bond acceptors (Lipinski definition) is 4. The third kappa shape index (κ3) is 2.48. The molecule has 0 aromatic rings. The van der Waals surface area contributed by atoms with E-state index in [9.17, 15) is 15.0 Å². The first kappa shape index (κ1) is 10.9. The zero-order valence-corrected chi connectivity index (χ0v) is 8.70. The smallest absolute Gasteiger partial charge is 0.237 e. The van der Waals surface area contributed by atoms with Crippen molar-refractivity contribution in [3.05, 3.63) is 0 Å². The van der Waals surface area contributed by atoms with Gasteiger partial charge in [0.2, 0.25) is 5.91 Å². The van der Waals surface area contributed by atoms with Crippen LogP contribution in [0, 0.1) is 0 Å². The van der Waals surface area contributed by atoms with Crippen LogP contribution in [0.1, 0.15) is 25.7 Å². The molecule has 2 aliphatic rings. The van der Waals surface area contributed by atoms with E-state index in [1.54, 1.807) is 0 Å². The van der Waals surface area contributed by atoms with Crippen LogP contribution in [0.5, 0.6) is 0 Å². The number of nitrogens with one attached hydrogen (secondary N) is 2. The van der Waals surface area contributed by atoms with Crippen molar-refractivity contribution in [1.29, 1.82) is 0 Å². The summed E-state index contributed by atoms with van der Waals surface area (Å²) in [4.78, 5) is 11.6. The van der Waals surface area contributed by atoms with Gasteiger partial charge >= 0.3 is 0 Å². The van der Waals surface area contributed by atoms with Crippen LogP contribution in [-0.2, 0) is 4.79 Å². The molecular weight excluding hydrogens is 196 g/mol. The molecule has 0 radical (unpaired) electrons. The normalized spacial score (nSPS) is 33.5. The molecule has 2 rings (SSSR count). The molecule has 15 heavy (non-hydrogen) atoms. The largest absolute Gasteiger partial charge is 0.392 e. The monoisotopic (exact) mass is 214 g/mol. The molecule has 0 bridgehead atoms. The van der Waals surface area contributed by atoms with Crippen molar-refractivity contribution in [2.24, 2.45) is 0 Å². The van der Waals surface area contributed by atoms with Gasteiger partial charge in [0, 0.05) is 13.1 Å². The number of hydrogen-bond donors (Lipinski definition) is 4.